The molecular weight excluding hydrogens is 281 g/mol. The number of aliphatic carboxylic acids is 1. The van der Waals surface area contributed by atoms with E-state index in [-0.39, 0.29) is 11.3 Å². The molecule has 20 heavy (non-hydrogen) atoms. The predicted molar refractivity (Wildman–Crippen MR) is 62.1 cm³/mol. The molecule has 1 aromatic rings. The third-order valence-corrected chi connectivity index (χ3v) is 2.34. The number of nitro benzene ring substituents is 1. The van der Waals surface area contributed by atoms with Crippen molar-refractivity contribution >= 4 is 11.7 Å². The Morgan fingerprint density at radius 2 is 1.95 bits per heavy atom. The molecule has 0 spiro atoms. The Kier molecular flexibility index (Phi) is 5.03. The van der Waals surface area contributed by atoms with E-state index in [2.05, 4.69) is 0 Å². The van der Waals surface area contributed by atoms with Crippen LogP contribution in [0, 0.1) is 10.1 Å². The number of alkyl halides is 3. The summed E-state index contributed by atoms with van der Waals surface area (Å²) in [6.45, 7) is -2.78. The lowest BCUT2D eigenvalue weighted by molar-refractivity contribution is -0.385. The molecule has 0 unspecified atom stereocenters. The van der Waals surface area contributed by atoms with Gasteiger partial charge >= 0.3 is 12.1 Å². The van der Waals surface area contributed by atoms with Crippen LogP contribution >= 0.6 is 0 Å². The maximum absolute atomic E-state index is 12.3. The van der Waals surface area contributed by atoms with Gasteiger partial charge in [0.05, 0.1) is 18.0 Å². The van der Waals surface area contributed by atoms with Crippen molar-refractivity contribution in [1.29, 1.82) is 0 Å². The monoisotopic (exact) mass is 292 g/mol. The summed E-state index contributed by atoms with van der Waals surface area (Å²) in [5.74, 6) is -1.44. The Balaban J connectivity index is 2.94. The molecule has 0 radical (unpaired) electrons. The summed E-state index contributed by atoms with van der Waals surface area (Å²) in [7, 11) is 0. The highest BCUT2D eigenvalue weighted by Crippen LogP contribution is 2.22. The van der Waals surface area contributed by atoms with Crippen LogP contribution in [-0.2, 0) is 11.3 Å². The fourth-order valence-electron chi connectivity index (χ4n) is 1.68. The third kappa shape index (κ3) is 5.22. The first-order valence-electron chi connectivity index (χ1n) is 5.42. The smallest absolute Gasteiger partial charge is 0.401 e. The lowest BCUT2D eigenvalue weighted by Gasteiger charge is -2.21. The van der Waals surface area contributed by atoms with Gasteiger partial charge < -0.3 is 5.11 Å². The van der Waals surface area contributed by atoms with Gasteiger partial charge in [0.1, 0.15) is 0 Å². The fraction of sp³-hybridized carbons (Fsp3) is 0.364. The molecule has 0 aliphatic rings. The van der Waals surface area contributed by atoms with Gasteiger partial charge in [0.15, 0.2) is 0 Å². The molecule has 0 amide bonds. The van der Waals surface area contributed by atoms with E-state index in [1.54, 1.807) is 0 Å². The van der Waals surface area contributed by atoms with Crippen LogP contribution in [0.3, 0.4) is 0 Å². The van der Waals surface area contributed by atoms with E-state index in [1.807, 2.05) is 0 Å². The van der Waals surface area contributed by atoms with Crippen molar-refractivity contribution in [3.63, 3.8) is 0 Å². The van der Waals surface area contributed by atoms with Crippen LogP contribution in [0.25, 0.3) is 0 Å². The van der Waals surface area contributed by atoms with Crippen molar-refractivity contribution in [2.24, 2.45) is 0 Å². The Morgan fingerprint density at radius 1 is 1.35 bits per heavy atom. The highest BCUT2D eigenvalue weighted by atomic mass is 19.4. The number of carboxylic acids is 1. The molecular formula is C11H11F3N2O4. The number of benzene rings is 1. The van der Waals surface area contributed by atoms with Gasteiger partial charge in [-0.05, 0) is 0 Å². The second-order valence-corrected chi connectivity index (χ2v) is 4.04. The zero-order valence-corrected chi connectivity index (χ0v) is 10.1. The van der Waals surface area contributed by atoms with E-state index in [9.17, 15) is 28.1 Å². The number of halogens is 3. The quantitative estimate of drug-likeness (QED) is 0.640. The minimum atomic E-state index is -4.58. The molecule has 0 saturated carbocycles. The first-order chi connectivity index (χ1) is 9.19. The van der Waals surface area contributed by atoms with E-state index in [0.29, 0.717) is 4.90 Å². The summed E-state index contributed by atoms with van der Waals surface area (Å²) in [5.41, 5.74) is -0.312. The van der Waals surface area contributed by atoms with Crippen LogP contribution in [0.2, 0.25) is 0 Å². The Bertz CT molecular complexity index is 505. The molecule has 0 fully saturated rings. The maximum Gasteiger partial charge on any atom is 0.401 e. The predicted octanol–water partition coefficient (Wildman–Crippen LogP) is 2.04. The molecule has 1 N–H and O–H groups in total. The average molecular weight is 292 g/mol. The number of rotatable bonds is 6. The van der Waals surface area contributed by atoms with Crippen molar-refractivity contribution in [2.75, 3.05) is 13.1 Å². The van der Waals surface area contributed by atoms with E-state index in [1.165, 1.54) is 18.2 Å². The first-order valence-corrected chi connectivity index (χ1v) is 5.42. The van der Waals surface area contributed by atoms with Gasteiger partial charge in [-0.15, -0.1) is 0 Å². The zero-order valence-electron chi connectivity index (χ0n) is 10.1. The van der Waals surface area contributed by atoms with Crippen molar-refractivity contribution in [1.82, 2.24) is 4.90 Å². The van der Waals surface area contributed by atoms with Crippen LogP contribution < -0.4 is 0 Å². The average Bonchev–Trinajstić information content (AvgIpc) is 2.25. The molecule has 110 valence electrons. The van der Waals surface area contributed by atoms with Gasteiger partial charge in [0.2, 0.25) is 0 Å². The van der Waals surface area contributed by atoms with Crippen molar-refractivity contribution in [3.8, 4) is 0 Å². The second kappa shape index (κ2) is 6.33. The van der Waals surface area contributed by atoms with E-state index < -0.39 is 36.7 Å². The normalized spacial score (nSPS) is 11.6. The molecule has 6 nitrogen and oxygen atoms in total. The number of carbonyl (C=O) groups is 1. The van der Waals surface area contributed by atoms with E-state index >= 15 is 0 Å². The summed E-state index contributed by atoms with van der Waals surface area (Å²) < 4.78 is 37.0. The highest BCUT2D eigenvalue weighted by Gasteiger charge is 2.32. The zero-order chi connectivity index (χ0) is 15.3. The Labute approximate surface area is 111 Å². The molecule has 1 rings (SSSR count). The number of nitro groups is 1. The lowest BCUT2D eigenvalue weighted by atomic mass is 10.1. The summed E-state index contributed by atoms with van der Waals surface area (Å²) in [6, 6.07) is 5.27. The molecule has 0 heterocycles. The molecule has 0 saturated heterocycles. The summed E-state index contributed by atoms with van der Waals surface area (Å²) in [6.07, 6.45) is -4.58. The summed E-state index contributed by atoms with van der Waals surface area (Å²) in [5, 5.41) is 19.4. The van der Waals surface area contributed by atoms with Crippen LogP contribution in [-0.4, -0.2) is 40.2 Å². The van der Waals surface area contributed by atoms with Gasteiger partial charge in [-0.1, -0.05) is 18.2 Å². The van der Waals surface area contributed by atoms with E-state index in [4.69, 9.17) is 5.11 Å². The van der Waals surface area contributed by atoms with Gasteiger partial charge in [0, 0.05) is 18.2 Å². The molecule has 9 heteroatoms. The minimum absolute atomic E-state index is 0.0306. The van der Waals surface area contributed by atoms with Crippen LogP contribution in [0.1, 0.15) is 5.56 Å². The second-order valence-electron chi connectivity index (χ2n) is 4.04. The number of carboxylic acid groups (broad SMARTS) is 1. The van der Waals surface area contributed by atoms with Crippen LogP contribution in [0.5, 0.6) is 0 Å². The summed E-state index contributed by atoms with van der Waals surface area (Å²) in [4.78, 5) is 21.2. The van der Waals surface area contributed by atoms with Gasteiger partial charge in [-0.3, -0.25) is 19.8 Å². The fourth-order valence-corrected chi connectivity index (χ4v) is 1.68. The number of nitrogens with zero attached hydrogens (tertiary/aromatic N) is 2. The van der Waals surface area contributed by atoms with Gasteiger partial charge in [-0.25, -0.2) is 0 Å². The third-order valence-electron chi connectivity index (χ3n) is 2.34. The molecule has 0 aliphatic carbocycles. The lowest BCUT2D eigenvalue weighted by Crippen LogP contribution is -2.37. The van der Waals surface area contributed by atoms with Crippen molar-refractivity contribution in [3.05, 3.63) is 39.9 Å². The summed E-state index contributed by atoms with van der Waals surface area (Å²) >= 11 is 0. The van der Waals surface area contributed by atoms with Gasteiger partial charge in [0.25, 0.3) is 5.69 Å². The largest absolute Gasteiger partial charge is 0.480 e. The molecule has 0 bridgehead atoms. The number of hydrogen-bond donors (Lipinski definition) is 1. The maximum atomic E-state index is 12.3. The van der Waals surface area contributed by atoms with Gasteiger partial charge in [-0.2, -0.15) is 13.2 Å². The topological polar surface area (TPSA) is 83.7 Å². The first kappa shape index (κ1) is 15.9. The van der Waals surface area contributed by atoms with Crippen LogP contribution in [0.15, 0.2) is 24.3 Å². The molecule has 0 aromatic heterocycles. The van der Waals surface area contributed by atoms with E-state index in [0.717, 1.165) is 6.07 Å². The molecule has 0 aliphatic heterocycles. The van der Waals surface area contributed by atoms with Crippen molar-refractivity contribution in [2.45, 2.75) is 12.7 Å². The SMILES string of the molecule is O=C(O)CN(Cc1ccccc1[N+](=O)[O-])CC(F)(F)F. The molecule has 1 aromatic carbocycles. The standard InChI is InChI=1S/C11H11F3N2O4/c12-11(13,14)7-15(6-10(17)18)5-8-3-1-2-4-9(8)16(19)20/h1-4H,5-7H2,(H,17,18). The van der Waals surface area contributed by atoms with Crippen molar-refractivity contribution < 1.29 is 28.0 Å². The Hall–Kier alpha value is -2.16. The minimum Gasteiger partial charge on any atom is -0.480 e. The number of hydrogen-bond acceptors (Lipinski definition) is 4. The molecule has 0 atom stereocenters. The van der Waals surface area contributed by atoms with Crippen LogP contribution in [0.4, 0.5) is 18.9 Å². The Morgan fingerprint density at radius 3 is 2.45 bits per heavy atom. The highest BCUT2D eigenvalue weighted by molar-refractivity contribution is 5.69. The number of para-hydroxylation sites is 1.